The second-order valence-corrected chi connectivity index (χ2v) is 4.97. The fourth-order valence-corrected chi connectivity index (χ4v) is 2.47. The van der Waals surface area contributed by atoms with E-state index >= 15 is 0 Å². The van der Waals surface area contributed by atoms with Gasteiger partial charge in [0.15, 0.2) is 0 Å². The molecule has 1 aliphatic rings. The quantitative estimate of drug-likeness (QED) is 0.848. The van der Waals surface area contributed by atoms with E-state index in [1.54, 1.807) is 31.3 Å². The van der Waals surface area contributed by atoms with Crippen LogP contribution in [0.25, 0.3) is 0 Å². The predicted molar refractivity (Wildman–Crippen MR) is 78.8 cm³/mol. The molecule has 3 rings (SSSR count). The van der Waals surface area contributed by atoms with E-state index in [0.29, 0.717) is 30.0 Å². The lowest BCUT2D eigenvalue weighted by molar-refractivity contribution is 0.0993. The van der Waals surface area contributed by atoms with E-state index in [2.05, 4.69) is 6.07 Å². The van der Waals surface area contributed by atoms with E-state index < -0.39 is 0 Å². The van der Waals surface area contributed by atoms with Crippen LogP contribution >= 0.6 is 0 Å². The molecule has 0 spiro atoms. The highest BCUT2D eigenvalue weighted by molar-refractivity contribution is 6.06. The number of carbonyl (C=O) groups excluding carboxylic acids is 1. The van der Waals surface area contributed by atoms with E-state index in [1.165, 1.54) is 4.90 Å². The maximum Gasteiger partial charge on any atom is 0.258 e. The average Bonchev–Trinajstić information content (AvgIpc) is 3.00. The number of benzene rings is 2. The first-order valence-electron chi connectivity index (χ1n) is 6.67. The second kappa shape index (κ2) is 5.39. The van der Waals surface area contributed by atoms with Gasteiger partial charge in [-0.2, -0.15) is 5.26 Å². The fourth-order valence-electron chi connectivity index (χ4n) is 2.47. The zero-order valence-corrected chi connectivity index (χ0v) is 11.7. The molecule has 0 saturated heterocycles. The van der Waals surface area contributed by atoms with Crippen molar-refractivity contribution in [2.45, 2.75) is 13.2 Å². The Balaban J connectivity index is 1.93. The molecule has 0 aromatic heterocycles. The molecule has 2 aromatic rings. The van der Waals surface area contributed by atoms with Crippen LogP contribution in [-0.4, -0.2) is 13.0 Å². The summed E-state index contributed by atoms with van der Waals surface area (Å²) < 4.78 is 5.36. The first-order valence-corrected chi connectivity index (χ1v) is 6.67. The smallest absolute Gasteiger partial charge is 0.258 e. The molecule has 0 N–H and O–H groups in total. The molecular formula is C17H14N2O2. The molecule has 104 valence electrons. The first kappa shape index (κ1) is 13.3. The lowest BCUT2D eigenvalue weighted by Crippen LogP contribution is -2.27. The minimum absolute atomic E-state index is 0.132. The van der Waals surface area contributed by atoms with E-state index in [-0.39, 0.29) is 5.91 Å². The summed E-state index contributed by atoms with van der Waals surface area (Å²) in [4.78, 5) is 14.1. The van der Waals surface area contributed by atoms with Gasteiger partial charge in [-0.1, -0.05) is 18.2 Å². The molecule has 4 nitrogen and oxygen atoms in total. The Morgan fingerprint density at radius 2 is 1.95 bits per heavy atom. The van der Waals surface area contributed by atoms with Gasteiger partial charge in [-0.25, -0.2) is 0 Å². The van der Waals surface area contributed by atoms with Crippen molar-refractivity contribution in [1.29, 1.82) is 5.26 Å². The Kier molecular flexibility index (Phi) is 3.43. The standard InChI is InChI=1S/C17H14N2O2/c1-19(16-5-3-2-4-13(16)9-18)17(20)12-6-7-14-10-21-11-15(14)8-12/h2-8H,10-11H2,1H3. The Morgan fingerprint density at radius 1 is 1.19 bits per heavy atom. The first-order chi connectivity index (χ1) is 10.2. The average molecular weight is 278 g/mol. The third-order valence-electron chi connectivity index (χ3n) is 3.66. The number of amides is 1. The molecule has 0 bridgehead atoms. The molecule has 21 heavy (non-hydrogen) atoms. The van der Waals surface area contributed by atoms with E-state index in [9.17, 15) is 4.79 Å². The van der Waals surface area contributed by atoms with Crippen molar-refractivity contribution < 1.29 is 9.53 Å². The molecule has 2 aromatic carbocycles. The SMILES string of the molecule is CN(C(=O)c1ccc2c(c1)COC2)c1ccccc1C#N. The van der Waals surface area contributed by atoms with Gasteiger partial charge in [0.05, 0.1) is 24.5 Å². The summed E-state index contributed by atoms with van der Waals surface area (Å²) in [7, 11) is 1.68. The summed E-state index contributed by atoms with van der Waals surface area (Å²) >= 11 is 0. The van der Waals surface area contributed by atoms with Crippen LogP contribution in [0.4, 0.5) is 5.69 Å². The molecule has 1 heterocycles. The number of ether oxygens (including phenoxy) is 1. The lowest BCUT2D eigenvalue weighted by atomic mass is 10.1. The number of nitrogens with zero attached hydrogens (tertiary/aromatic N) is 2. The summed E-state index contributed by atoms with van der Waals surface area (Å²) in [5, 5.41) is 9.14. The summed E-state index contributed by atoms with van der Waals surface area (Å²) in [5.74, 6) is -0.132. The molecule has 0 aliphatic carbocycles. The number of fused-ring (bicyclic) bond motifs is 1. The summed E-state index contributed by atoms with van der Waals surface area (Å²) in [6.07, 6.45) is 0. The summed E-state index contributed by atoms with van der Waals surface area (Å²) in [6.45, 7) is 1.16. The van der Waals surface area contributed by atoms with Gasteiger partial charge >= 0.3 is 0 Å². The van der Waals surface area contributed by atoms with E-state index in [4.69, 9.17) is 10.00 Å². The van der Waals surface area contributed by atoms with Crippen molar-refractivity contribution in [3.05, 3.63) is 64.7 Å². The van der Waals surface area contributed by atoms with Crippen LogP contribution < -0.4 is 4.90 Å². The number of anilines is 1. The van der Waals surface area contributed by atoms with Gasteiger partial charge in [-0.05, 0) is 35.4 Å². The lowest BCUT2D eigenvalue weighted by Gasteiger charge is -2.19. The van der Waals surface area contributed by atoms with Gasteiger partial charge in [-0.3, -0.25) is 4.79 Å². The van der Waals surface area contributed by atoms with Gasteiger partial charge in [-0.15, -0.1) is 0 Å². The molecule has 0 saturated carbocycles. The maximum atomic E-state index is 12.6. The van der Waals surface area contributed by atoms with Crippen LogP contribution in [0.1, 0.15) is 27.0 Å². The molecule has 0 unspecified atom stereocenters. The van der Waals surface area contributed by atoms with Crippen LogP contribution in [0.15, 0.2) is 42.5 Å². The zero-order valence-electron chi connectivity index (χ0n) is 11.7. The van der Waals surface area contributed by atoms with Crippen molar-refractivity contribution in [3.8, 4) is 6.07 Å². The third-order valence-corrected chi connectivity index (χ3v) is 3.66. The van der Waals surface area contributed by atoms with Crippen molar-refractivity contribution in [2.24, 2.45) is 0 Å². The van der Waals surface area contributed by atoms with Gasteiger partial charge in [0.2, 0.25) is 0 Å². The zero-order chi connectivity index (χ0) is 14.8. The Bertz CT molecular complexity index is 747. The second-order valence-electron chi connectivity index (χ2n) is 4.97. The third kappa shape index (κ3) is 2.39. The van der Waals surface area contributed by atoms with Crippen molar-refractivity contribution in [2.75, 3.05) is 11.9 Å². The van der Waals surface area contributed by atoms with Crippen LogP contribution in [0.5, 0.6) is 0 Å². The molecule has 1 aliphatic heterocycles. The largest absolute Gasteiger partial charge is 0.372 e. The number of rotatable bonds is 2. The highest BCUT2D eigenvalue weighted by Gasteiger charge is 2.19. The molecule has 0 radical (unpaired) electrons. The fraction of sp³-hybridized carbons (Fsp3) is 0.176. The van der Waals surface area contributed by atoms with Crippen molar-refractivity contribution >= 4 is 11.6 Å². The predicted octanol–water partition coefficient (Wildman–Crippen LogP) is 2.87. The Hall–Kier alpha value is -2.64. The normalized spacial score (nSPS) is 12.6. The number of hydrogen-bond donors (Lipinski definition) is 0. The van der Waals surface area contributed by atoms with Crippen molar-refractivity contribution in [3.63, 3.8) is 0 Å². The van der Waals surface area contributed by atoms with Crippen molar-refractivity contribution in [1.82, 2.24) is 0 Å². The highest BCUT2D eigenvalue weighted by atomic mass is 16.5. The van der Waals surface area contributed by atoms with Crippen LogP contribution in [0.2, 0.25) is 0 Å². The van der Waals surface area contributed by atoms with E-state index in [1.807, 2.05) is 18.2 Å². The number of para-hydroxylation sites is 1. The molecule has 0 fully saturated rings. The maximum absolute atomic E-state index is 12.6. The highest BCUT2D eigenvalue weighted by Crippen LogP contribution is 2.24. The van der Waals surface area contributed by atoms with Crippen LogP contribution in [0, 0.1) is 11.3 Å². The number of nitriles is 1. The van der Waals surface area contributed by atoms with Crippen LogP contribution in [-0.2, 0) is 18.0 Å². The van der Waals surface area contributed by atoms with Gasteiger partial charge in [0, 0.05) is 12.6 Å². The molecule has 1 amide bonds. The topological polar surface area (TPSA) is 53.3 Å². The summed E-state index contributed by atoms with van der Waals surface area (Å²) in [5.41, 5.74) is 3.89. The van der Waals surface area contributed by atoms with Crippen LogP contribution in [0.3, 0.4) is 0 Å². The molecular weight excluding hydrogens is 264 g/mol. The van der Waals surface area contributed by atoms with Gasteiger partial charge in [0.25, 0.3) is 5.91 Å². The number of hydrogen-bond acceptors (Lipinski definition) is 3. The molecule has 0 atom stereocenters. The Morgan fingerprint density at radius 3 is 2.76 bits per heavy atom. The number of carbonyl (C=O) groups is 1. The van der Waals surface area contributed by atoms with Gasteiger partial charge < -0.3 is 9.64 Å². The van der Waals surface area contributed by atoms with E-state index in [0.717, 1.165) is 11.1 Å². The summed E-state index contributed by atoms with van der Waals surface area (Å²) in [6, 6.07) is 14.8. The monoisotopic (exact) mass is 278 g/mol. The minimum Gasteiger partial charge on any atom is -0.372 e. The van der Waals surface area contributed by atoms with Gasteiger partial charge in [0.1, 0.15) is 6.07 Å². The molecule has 4 heteroatoms. The minimum atomic E-state index is -0.132. The Labute approximate surface area is 123 Å².